The lowest BCUT2D eigenvalue weighted by Crippen LogP contribution is -2.42. The van der Waals surface area contributed by atoms with Crippen LogP contribution < -0.4 is 16.0 Å². The number of hydrogen-bond acceptors (Lipinski definition) is 5. The van der Waals surface area contributed by atoms with Crippen LogP contribution in [0.4, 0.5) is 11.8 Å². The largest absolute Gasteiger partial charge is 0.370 e. The van der Waals surface area contributed by atoms with Gasteiger partial charge in [-0.25, -0.2) is 4.98 Å². The van der Waals surface area contributed by atoms with E-state index in [-0.39, 0.29) is 18.0 Å². The number of nitrogens with zero attached hydrogens (tertiary/aromatic N) is 2. The molecular weight excluding hydrogens is 266 g/mol. The van der Waals surface area contributed by atoms with Gasteiger partial charge in [-0.2, -0.15) is 4.98 Å². The molecule has 1 aliphatic carbocycles. The van der Waals surface area contributed by atoms with Crippen LogP contribution in [0.2, 0.25) is 0 Å². The van der Waals surface area contributed by atoms with Crippen molar-refractivity contribution in [1.29, 1.82) is 0 Å². The van der Waals surface area contributed by atoms with Crippen molar-refractivity contribution in [3.63, 3.8) is 0 Å². The zero-order valence-corrected chi connectivity index (χ0v) is 12.6. The summed E-state index contributed by atoms with van der Waals surface area (Å²) in [6, 6.07) is 0.258. The summed E-state index contributed by atoms with van der Waals surface area (Å²) in [7, 11) is 0. The Kier molecular flexibility index (Phi) is 5.14. The Morgan fingerprint density at radius 3 is 2.95 bits per heavy atom. The molecule has 2 rings (SSSR count). The molecule has 2 atom stereocenters. The van der Waals surface area contributed by atoms with Crippen molar-refractivity contribution >= 4 is 17.7 Å². The van der Waals surface area contributed by atoms with Gasteiger partial charge in [-0.15, -0.1) is 0 Å². The van der Waals surface area contributed by atoms with Gasteiger partial charge in [0.05, 0.1) is 0 Å². The van der Waals surface area contributed by atoms with Crippen LogP contribution in [0, 0.1) is 6.92 Å². The Morgan fingerprint density at radius 1 is 1.48 bits per heavy atom. The van der Waals surface area contributed by atoms with E-state index in [1.165, 1.54) is 6.08 Å². The van der Waals surface area contributed by atoms with E-state index in [1.807, 2.05) is 13.8 Å². The lowest BCUT2D eigenvalue weighted by molar-refractivity contribution is -0.117. The van der Waals surface area contributed by atoms with Crippen LogP contribution in [0.5, 0.6) is 0 Å². The first-order valence-electron chi connectivity index (χ1n) is 7.41. The van der Waals surface area contributed by atoms with Crippen LogP contribution in [0.25, 0.3) is 0 Å². The number of carbonyl (C=O) groups is 1. The number of hydrogen-bond donors (Lipinski definition) is 3. The third-order valence-corrected chi connectivity index (χ3v) is 3.66. The topological polar surface area (TPSA) is 78.9 Å². The van der Waals surface area contributed by atoms with E-state index in [9.17, 15) is 4.79 Å². The first-order valence-corrected chi connectivity index (χ1v) is 7.41. The maximum Gasteiger partial charge on any atom is 0.243 e. The van der Waals surface area contributed by atoms with E-state index >= 15 is 0 Å². The molecule has 0 spiro atoms. The van der Waals surface area contributed by atoms with Crippen LogP contribution in [0.3, 0.4) is 0 Å². The van der Waals surface area contributed by atoms with Gasteiger partial charge in [0.15, 0.2) is 0 Å². The zero-order valence-electron chi connectivity index (χ0n) is 12.6. The number of aryl methyl sites for hydroxylation is 1. The molecule has 0 aliphatic heterocycles. The van der Waals surface area contributed by atoms with E-state index in [1.54, 1.807) is 6.20 Å². The highest BCUT2D eigenvalue weighted by molar-refractivity contribution is 5.87. The van der Waals surface area contributed by atoms with E-state index < -0.39 is 0 Å². The molecule has 1 fully saturated rings. The summed E-state index contributed by atoms with van der Waals surface area (Å²) >= 11 is 0. The normalized spacial score (nSPS) is 20.9. The van der Waals surface area contributed by atoms with E-state index in [2.05, 4.69) is 32.5 Å². The van der Waals surface area contributed by atoms with Crippen LogP contribution in [-0.4, -0.2) is 34.5 Å². The molecule has 0 radical (unpaired) electrons. The third kappa shape index (κ3) is 3.93. The second-order valence-electron chi connectivity index (χ2n) is 5.26. The van der Waals surface area contributed by atoms with Crippen molar-refractivity contribution in [2.45, 2.75) is 45.2 Å². The Hall–Kier alpha value is -2.11. The van der Waals surface area contributed by atoms with Gasteiger partial charge < -0.3 is 16.0 Å². The minimum atomic E-state index is -0.133. The number of carbonyl (C=O) groups excluding carboxylic acids is 1. The molecule has 1 aromatic heterocycles. The van der Waals surface area contributed by atoms with Gasteiger partial charge in [0.2, 0.25) is 11.9 Å². The number of anilines is 2. The fraction of sp³-hybridized carbons (Fsp3) is 0.533. The fourth-order valence-corrected chi connectivity index (χ4v) is 2.57. The molecule has 0 unspecified atom stereocenters. The van der Waals surface area contributed by atoms with Crippen LogP contribution >= 0.6 is 0 Å². The fourth-order valence-electron chi connectivity index (χ4n) is 2.57. The quantitative estimate of drug-likeness (QED) is 0.697. The maximum atomic E-state index is 11.5. The van der Waals surface area contributed by atoms with Crippen molar-refractivity contribution in [3.8, 4) is 0 Å². The molecule has 114 valence electrons. The van der Waals surface area contributed by atoms with Crippen LogP contribution in [0.15, 0.2) is 18.9 Å². The summed E-state index contributed by atoms with van der Waals surface area (Å²) < 4.78 is 0. The molecular formula is C15H23N5O. The predicted molar refractivity (Wildman–Crippen MR) is 84.3 cm³/mol. The molecule has 1 amide bonds. The van der Waals surface area contributed by atoms with E-state index in [0.717, 1.165) is 37.2 Å². The Labute approximate surface area is 125 Å². The summed E-state index contributed by atoms with van der Waals surface area (Å²) in [4.78, 5) is 20.3. The summed E-state index contributed by atoms with van der Waals surface area (Å²) in [5, 5.41) is 9.51. The minimum Gasteiger partial charge on any atom is -0.370 e. The van der Waals surface area contributed by atoms with Crippen LogP contribution in [-0.2, 0) is 4.79 Å². The zero-order chi connectivity index (χ0) is 15.2. The minimum absolute atomic E-state index is 0.1000. The molecule has 0 saturated heterocycles. The highest BCUT2D eigenvalue weighted by Crippen LogP contribution is 2.23. The Bertz CT molecular complexity index is 517. The molecule has 6 heteroatoms. The molecule has 3 N–H and O–H groups in total. The van der Waals surface area contributed by atoms with Crippen molar-refractivity contribution in [1.82, 2.24) is 15.3 Å². The second kappa shape index (κ2) is 7.06. The van der Waals surface area contributed by atoms with E-state index in [0.29, 0.717) is 5.95 Å². The number of aromatic nitrogens is 2. The van der Waals surface area contributed by atoms with Gasteiger partial charge in [-0.3, -0.25) is 4.79 Å². The van der Waals surface area contributed by atoms with Gasteiger partial charge in [0.25, 0.3) is 0 Å². The molecule has 0 aromatic carbocycles. The summed E-state index contributed by atoms with van der Waals surface area (Å²) in [6.07, 6.45) is 6.14. The predicted octanol–water partition coefficient (Wildman–Crippen LogP) is 1.85. The Morgan fingerprint density at radius 2 is 2.24 bits per heavy atom. The first-order chi connectivity index (χ1) is 10.1. The monoisotopic (exact) mass is 289 g/mol. The summed E-state index contributed by atoms with van der Waals surface area (Å²) in [5.41, 5.74) is 1.02. The lowest BCUT2D eigenvalue weighted by Gasteiger charge is -2.22. The second-order valence-corrected chi connectivity index (χ2v) is 5.26. The highest BCUT2D eigenvalue weighted by atomic mass is 16.1. The molecule has 0 bridgehead atoms. The smallest absolute Gasteiger partial charge is 0.243 e. The van der Waals surface area contributed by atoms with Gasteiger partial charge in [-0.05, 0) is 39.2 Å². The number of amides is 1. The Balaban J connectivity index is 2.04. The average molecular weight is 289 g/mol. The maximum absolute atomic E-state index is 11.5. The first kappa shape index (κ1) is 15.3. The summed E-state index contributed by atoms with van der Waals surface area (Å²) in [6.45, 7) is 8.32. The summed E-state index contributed by atoms with van der Waals surface area (Å²) in [5.74, 6) is 1.31. The van der Waals surface area contributed by atoms with Gasteiger partial charge >= 0.3 is 0 Å². The molecule has 6 nitrogen and oxygen atoms in total. The van der Waals surface area contributed by atoms with Crippen molar-refractivity contribution in [3.05, 3.63) is 24.4 Å². The SMILES string of the molecule is C=CC(=O)N[C@H]1CCC[C@H]1Nc1ncc(C)c(NCC)n1. The molecule has 21 heavy (non-hydrogen) atoms. The molecule has 1 aromatic rings. The molecule has 1 saturated carbocycles. The van der Waals surface area contributed by atoms with Gasteiger partial charge in [0, 0.05) is 30.4 Å². The van der Waals surface area contributed by atoms with Gasteiger partial charge in [0.1, 0.15) is 5.82 Å². The van der Waals surface area contributed by atoms with Crippen LogP contribution in [0.1, 0.15) is 31.7 Å². The number of nitrogens with one attached hydrogen (secondary N) is 3. The lowest BCUT2D eigenvalue weighted by atomic mass is 10.1. The number of rotatable bonds is 6. The molecule has 1 aliphatic rings. The highest BCUT2D eigenvalue weighted by Gasteiger charge is 2.28. The van der Waals surface area contributed by atoms with Crippen molar-refractivity contribution < 1.29 is 4.79 Å². The third-order valence-electron chi connectivity index (χ3n) is 3.66. The average Bonchev–Trinajstić information content (AvgIpc) is 2.89. The van der Waals surface area contributed by atoms with E-state index in [4.69, 9.17) is 0 Å². The van der Waals surface area contributed by atoms with Crippen molar-refractivity contribution in [2.75, 3.05) is 17.2 Å². The van der Waals surface area contributed by atoms with Gasteiger partial charge in [-0.1, -0.05) is 6.58 Å². The molecule has 1 heterocycles. The van der Waals surface area contributed by atoms with Crippen molar-refractivity contribution in [2.24, 2.45) is 0 Å². The standard InChI is InChI=1S/C15H23N5O/c1-4-13(21)18-11-7-6-8-12(11)19-15-17-9-10(3)14(20-15)16-5-2/h4,9,11-12H,1,5-8H2,2-3H3,(H,18,21)(H2,16,17,19,20)/t11-,12+/m0/s1.